The number of aromatic nitrogens is 2. The van der Waals surface area contributed by atoms with Gasteiger partial charge < -0.3 is 15.5 Å². The second kappa shape index (κ2) is 5.07. The van der Waals surface area contributed by atoms with Crippen LogP contribution in [0.25, 0.3) is 0 Å². The summed E-state index contributed by atoms with van der Waals surface area (Å²) in [4.78, 5) is 8.64. The van der Waals surface area contributed by atoms with E-state index in [9.17, 15) is 0 Å². The third-order valence-electron chi connectivity index (χ3n) is 3.24. The zero-order valence-corrected chi connectivity index (χ0v) is 11.2. The van der Waals surface area contributed by atoms with Crippen LogP contribution < -0.4 is 16.6 Å². The molecule has 4 N–H and O–H groups in total. The first-order valence-corrected chi connectivity index (χ1v) is 6.17. The lowest BCUT2D eigenvalue weighted by atomic mass is 9.99. The van der Waals surface area contributed by atoms with E-state index in [2.05, 4.69) is 34.6 Å². The third-order valence-corrected chi connectivity index (χ3v) is 3.24. The van der Waals surface area contributed by atoms with Gasteiger partial charge in [-0.15, -0.1) is 0 Å². The van der Waals surface area contributed by atoms with Crippen molar-refractivity contribution in [1.29, 1.82) is 0 Å². The first-order chi connectivity index (χ1) is 8.55. The molecule has 0 bridgehead atoms. The quantitative estimate of drug-likeness (QED) is 0.525. The Morgan fingerprint density at radius 2 is 2.06 bits per heavy atom. The van der Waals surface area contributed by atoms with E-state index in [0.717, 1.165) is 5.82 Å². The van der Waals surface area contributed by atoms with Gasteiger partial charge in [-0.25, -0.2) is 15.8 Å². The summed E-state index contributed by atoms with van der Waals surface area (Å²) in [5.41, 5.74) is 2.60. The van der Waals surface area contributed by atoms with Gasteiger partial charge in [-0.2, -0.15) is 0 Å². The fourth-order valence-electron chi connectivity index (χ4n) is 2.07. The van der Waals surface area contributed by atoms with Gasteiger partial charge in [0.15, 0.2) is 5.82 Å². The molecule has 0 unspecified atom stereocenters. The van der Waals surface area contributed by atoms with Gasteiger partial charge in [0.2, 0.25) is 0 Å². The van der Waals surface area contributed by atoms with Crippen molar-refractivity contribution in [3.05, 3.63) is 11.9 Å². The van der Waals surface area contributed by atoms with E-state index in [1.54, 1.807) is 7.11 Å². The standard InChI is InChI=1S/C12H21N5O/c1-12(2,8-4-5-8)16-9-6-10(17-13)15-11(14-9)7-18-3/h6,8H,4-5,7,13H2,1-3H3,(H2,14,15,16,17). The topological polar surface area (TPSA) is 85.1 Å². The van der Waals surface area contributed by atoms with Gasteiger partial charge in [-0.3, -0.25) is 0 Å². The van der Waals surface area contributed by atoms with Crippen LogP contribution in [-0.2, 0) is 11.3 Å². The predicted molar refractivity (Wildman–Crippen MR) is 71.0 cm³/mol. The highest BCUT2D eigenvalue weighted by atomic mass is 16.5. The number of ether oxygens (including phenoxy) is 1. The summed E-state index contributed by atoms with van der Waals surface area (Å²) in [6, 6.07) is 1.81. The number of hydrogen-bond acceptors (Lipinski definition) is 6. The van der Waals surface area contributed by atoms with E-state index in [1.807, 2.05) is 6.07 Å². The van der Waals surface area contributed by atoms with Crippen LogP contribution in [0.3, 0.4) is 0 Å². The van der Waals surface area contributed by atoms with Crippen LogP contribution in [0, 0.1) is 5.92 Å². The van der Waals surface area contributed by atoms with Crippen LogP contribution >= 0.6 is 0 Å². The van der Waals surface area contributed by atoms with Gasteiger partial charge in [0.25, 0.3) is 0 Å². The van der Waals surface area contributed by atoms with E-state index in [1.165, 1.54) is 12.8 Å². The predicted octanol–water partition coefficient (Wildman–Crippen LogP) is 1.51. The molecule has 6 heteroatoms. The molecule has 1 aliphatic rings. The normalized spacial score (nSPS) is 15.6. The number of anilines is 2. The number of rotatable bonds is 6. The summed E-state index contributed by atoms with van der Waals surface area (Å²) < 4.78 is 5.05. The number of nitrogens with two attached hydrogens (primary N) is 1. The third kappa shape index (κ3) is 3.08. The first-order valence-electron chi connectivity index (χ1n) is 6.17. The van der Waals surface area contributed by atoms with Crippen molar-refractivity contribution >= 4 is 11.6 Å². The van der Waals surface area contributed by atoms with Gasteiger partial charge >= 0.3 is 0 Å². The van der Waals surface area contributed by atoms with Crippen molar-refractivity contribution in [2.45, 2.75) is 38.8 Å². The van der Waals surface area contributed by atoms with Crippen molar-refractivity contribution in [2.24, 2.45) is 11.8 Å². The highest BCUT2D eigenvalue weighted by Gasteiger charge is 2.37. The number of nitrogens with one attached hydrogen (secondary N) is 2. The van der Waals surface area contributed by atoms with Crippen LogP contribution in [0.15, 0.2) is 6.07 Å². The number of hydrogen-bond donors (Lipinski definition) is 3. The van der Waals surface area contributed by atoms with Crippen molar-refractivity contribution < 1.29 is 4.74 Å². The van der Waals surface area contributed by atoms with Crippen molar-refractivity contribution in [3.63, 3.8) is 0 Å². The van der Waals surface area contributed by atoms with Crippen molar-refractivity contribution in [3.8, 4) is 0 Å². The van der Waals surface area contributed by atoms with Gasteiger partial charge in [0, 0.05) is 18.7 Å². The minimum Gasteiger partial charge on any atom is -0.377 e. The van der Waals surface area contributed by atoms with Crippen LogP contribution in [0.5, 0.6) is 0 Å². The lowest BCUT2D eigenvalue weighted by molar-refractivity contribution is 0.178. The largest absolute Gasteiger partial charge is 0.377 e. The molecule has 1 fully saturated rings. The Bertz CT molecular complexity index is 417. The zero-order valence-electron chi connectivity index (χ0n) is 11.2. The maximum Gasteiger partial charge on any atom is 0.158 e. The number of nitrogens with zero attached hydrogens (tertiary/aromatic N) is 2. The summed E-state index contributed by atoms with van der Waals surface area (Å²) in [5, 5.41) is 3.45. The Kier molecular flexibility index (Phi) is 3.68. The van der Waals surface area contributed by atoms with Crippen LogP contribution in [0.1, 0.15) is 32.5 Å². The lowest BCUT2D eigenvalue weighted by Crippen LogP contribution is -2.34. The Morgan fingerprint density at radius 1 is 1.39 bits per heavy atom. The van der Waals surface area contributed by atoms with E-state index >= 15 is 0 Å². The Hall–Kier alpha value is -1.40. The van der Waals surface area contributed by atoms with Crippen LogP contribution in [0.4, 0.5) is 11.6 Å². The molecule has 18 heavy (non-hydrogen) atoms. The molecule has 2 rings (SSSR count). The molecule has 100 valence electrons. The van der Waals surface area contributed by atoms with Gasteiger partial charge in [-0.1, -0.05) is 0 Å². The molecule has 0 amide bonds. The molecule has 0 spiro atoms. The summed E-state index contributed by atoms with van der Waals surface area (Å²) in [7, 11) is 1.62. The minimum atomic E-state index is 0.0462. The first kappa shape index (κ1) is 13.0. The molecular weight excluding hydrogens is 230 g/mol. The van der Waals surface area contributed by atoms with Crippen LogP contribution in [0.2, 0.25) is 0 Å². The molecule has 0 saturated heterocycles. The number of hydrazine groups is 1. The second-order valence-corrected chi connectivity index (χ2v) is 5.25. The van der Waals surface area contributed by atoms with E-state index in [0.29, 0.717) is 24.2 Å². The summed E-state index contributed by atoms with van der Waals surface area (Å²) in [5.74, 6) is 8.11. The SMILES string of the molecule is COCc1nc(NN)cc(NC(C)(C)C2CC2)n1. The smallest absolute Gasteiger partial charge is 0.158 e. The Morgan fingerprint density at radius 3 is 2.61 bits per heavy atom. The maximum atomic E-state index is 5.41. The molecule has 0 aliphatic heterocycles. The lowest BCUT2D eigenvalue weighted by Gasteiger charge is -2.27. The molecule has 1 aliphatic carbocycles. The monoisotopic (exact) mass is 251 g/mol. The summed E-state index contributed by atoms with van der Waals surface area (Å²) in [6.07, 6.45) is 2.55. The van der Waals surface area contributed by atoms with E-state index in [-0.39, 0.29) is 5.54 Å². The van der Waals surface area contributed by atoms with E-state index in [4.69, 9.17) is 10.6 Å². The Balaban J connectivity index is 2.17. The number of methoxy groups -OCH3 is 1. The Labute approximate surface area is 107 Å². The molecule has 0 radical (unpaired) electrons. The average molecular weight is 251 g/mol. The number of nitrogen functional groups attached to an aromatic ring is 1. The van der Waals surface area contributed by atoms with Crippen molar-refractivity contribution in [1.82, 2.24) is 9.97 Å². The fourth-order valence-corrected chi connectivity index (χ4v) is 2.07. The minimum absolute atomic E-state index is 0.0462. The molecular formula is C12H21N5O. The van der Waals surface area contributed by atoms with Gasteiger partial charge in [0.1, 0.15) is 18.2 Å². The molecule has 0 atom stereocenters. The second-order valence-electron chi connectivity index (χ2n) is 5.25. The molecule has 1 aromatic rings. The maximum absolute atomic E-state index is 5.41. The van der Waals surface area contributed by atoms with Crippen molar-refractivity contribution in [2.75, 3.05) is 17.9 Å². The molecule has 1 aromatic heterocycles. The molecule has 6 nitrogen and oxygen atoms in total. The van der Waals surface area contributed by atoms with Gasteiger partial charge in [-0.05, 0) is 32.6 Å². The van der Waals surface area contributed by atoms with E-state index < -0.39 is 0 Å². The van der Waals surface area contributed by atoms with Crippen LogP contribution in [-0.4, -0.2) is 22.6 Å². The summed E-state index contributed by atoms with van der Waals surface area (Å²) in [6.45, 7) is 4.75. The highest BCUT2D eigenvalue weighted by Crippen LogP contribution is 2.40. The molecule has 0 aromatic carbocycles. The molecule has 1 heterocycles. The highest BCUT2D eigenvalue weighted by molar-refractivity contribution is 5.48. The van der Waals surface area contributed by atoms with Gasteiger partial charge in [0.05, 0.1) is 0 Å². The fraction of sp³-hybridized carbons (Fsp3) is 0.667. The molecule has 1 saturated carbocycles. The average Bonchev–Trinajstić information content (AvgIpc) is 3.12. The summed E-state index contributed by atoms with van der Waals surface area (Å²) >= 11 is 0. The zero-order chi connectivity index (χ0) is 13.2.